The molecule has 0 fully saturated rings. The lowest BCUT2D eigenvalue weighted by atomic mass is 9.93. The third kappa shape index (κ3) is 4.13. The molecule has 1 aromatic rings. The van der Waals surface area contributed by atoms with Gasteiger partial charge in [-0.25, -0.2) is 0 Å². The topological polar surface area (TPSA) is 26.0 Å². The van der Waals surface area contributed by atoms with Gasteiger partial charge in [-0.1, -0.05) is 49.8 Å². The molecule has 2 rings (SSSR count). The number of anilines is 1. The monoisotopic (exact) mass is 295 g/mol. The van der Waals surface area contributed by atoms with E-state index in [4.69, 9.17) is 5.73 Å². The number of hydrogen-bond acceptors (Lipinski definition) is 1. The van der Waals surface area contributed by atoms with E-state index in [2.05, 4.69) is 64.1 Å². The number of aryl methyl sites for hydroxylation is 1. The Bertz CT molecular complexity index is 602. The van der Waals surface area contributed by atoms with Crippen molar-refractivity contribution in [3.8, 4) is 0 Å². The van der Waals surface area contributed by atoms with E-state index in [9.17, 15) is 0 Å². The van der Waals surface area contributed by atoms with Gasteiger partial charge in [0.1, 0.15) is 0 Å². The smallest absolute Gasteiger partial charge is 0.0394 e. The van der Waals surface area contributed by atoms with Gasteiger partial charge in [0.15, 0.2) is 0 Å². The van der Waals surface area contributed by atoms with Crippen LogP contribution in [0.25, 0.3) is 5.57 Å². The van der Waals surface area contributed by atoms with Gasteiger partial charge in [0.05, 0.1) is 0 Å². The zero-order valence-corrected chi connectivity index (χ0v) is 14.4. The summed E-state index contributed by atoms with van der Waals surface area (Å²) in [5.41, 5.74) is 12.0. The van der Waals surface area contributed by atoms with Crippen LogP contribution in [0.4, 0.5) is 5.69 Å². The van der Waals surface area contributed by atoms with E-state index >= 15 is 0 Å². The number of nitrogen functional groups attached to an aromatic ring is 1. The second-order valence-corrected chi connectivity index (χ2v) is 6.78. The molecule has 0 saturated carbocycles. The van der Waals surface area contributed by atoms with E-state index in [1.165, 1.54) is 29.6 Å². The van der Waals surface area contributed by atoms with Crippen molar-refractivity contribution in [3.63, 3.8) is 0 Å². The van der Waals surface area contributed by atoms with Crippen LogP contribution in [0.2, 0.25) is 0 Å². The first-order valence-corrected chi connectivity index (χ1v) is 8.42. The molecule has 2 N–H and O–H groups in total. The Labute approximate surface area is 135 Å². The quantitative estimate of drug-likeness (QED) is 0.686. The lowest BCUT2D eigenvalue weighted by Gasteiger charge is -2.13. The standard InChI is InChI=1S/C21H29N/c1-5-19(20-14-16(4)9-12-21(20)22)18-8-6-7-17(10-11-18)13-15(2)3/h5,8-12,14-15,17H,6-7,13,22H2,1-4H3/b19-5+. The predicted molar refractivity (Wildman–Crippen MR) is 98.6 cm³/mol. The molecule has 118 valence electrons. The zero-order chi connectivity index (χ0) is 16.1. The highest BCUT2D eigenvalue weighted by Gasteiger charge is 2.13. The Kier molecular flexibility index (Phi) is 5.65. The van der Waals surface area contributed by atoms with Crippen molar-refractivity contribution in [3.05, 3.63) is 59.2 Å². The highest BCUT2D eigenvalue weighted by atomic mass is 14.6. The predicted octanol–water partition coefficient (Wildman–Crippen LogP) is 5.92. The molecule has 0 aliphatic heterocycles. The fourth-order valence-electron chi connectivity index (χ4n) is 3.24. The van der Waals surface area contributed by atoms with Crippen molar-refractivity contribution in [2.24, 2.45) is 11.8 Å². The van der Waals surface area contributed by atoms with Crippen LogP contribution in [0.5, 0.6) is 0 Å². The van der Waals surface area contributed by atoms with Gasteiger partial charge in [0, 0.05) is 11.3 Å². The molecule has 22 heavy (non-hydrogen) atoms. The van der Waals surface area contributed by atoms with Crippen LogP contribution in [0, 0.1) is 18.8 Å². The van der Waals surface area contributed by atoms with E-state index in [1.807, 2.05) is 6.07 Å². The van der Waals surface area contributed by atoms with E-state index in [-0.39, 0.29) is 0 Å². The van der Waals surface area contributed by atoms with Gasteiger partial charge in [0.25, 0.3) is 0 Å². The minimum absolute atomic E-state index is 0.696. The molecule has 0 aromatic heterocycles. The van der Waals surface area contributed by atoms with Crippen LogP contribution < -0.4 is 5.73 Å². The van der Waals surface area contributed by atoms with Gasteiger partial charge in [-0.3, -0.25) is 0 Å². The largest absolute Gasteiger partial charge is 0.398 e. The maximum Gasteiger partial charge on any atom is 0.0394 e. The van der Waals surface area contributed by atoms with Crippen LogP contribution >= 0.6 is 0 Å². The van der Waals surface area contributed by atoms with Gasteiger partial charge < -0.3 is 5.73 Å². The Hall–Kier alpha value is -1.76. The second-order valence-electron chi connectivity index (χ2n) is 6.78. The number of nitrogens with two attached hydrogens (primary N) is 1. The summed E-state index contributed by atoms with van der Waals surface area (Å²) in [6.45, 7) is 8.82. The van der Waals surface area contributed by atoms with Crippen molar-refractivity contribution in [1.82, 2.24) is 0 Å². The van der Waals surface area contributed by atoms with Crippen molar-refractivity contribution in [2.75, 3.05) is 5.73 Å². The van der Waals surface area contributed by atoms with Gasteiger partial charge in [-0.2, -0.15) is 0 Å². The summed E-state index contributed by atoms with van der Waals surface area (Å²) < 4.78 is 0. The van der Waals surface area contributed by atoms with E-state index in [1.54, 1.807) is 0 Å². The van der Waals surface area contributed by atoms with Gasteiger partial charge in [-0.15, -0.1) is 0 Å². The first-order valence-electron chi connectivity index (χ1n) is 8.42. The van der Waals surface area contributed by atoms with E-state index in [0.717, 1.165) is 23.6 Å². The Balaban J connectivity index is 2.28. The molecular weight excluding hydrogens is 266 g/mol. The second kappa shape index (κ2) is 7.49. The van der Waals surface area contributed by atoms with Crippen molar-refractivity contribution >= 4 is 11.3 Å². The highest BCUT2D eigenvalue weighted by molar-refractivity contribution is 5.87. The molecule has 1 aliphatic rings. The van der Waals surface area contributed by atoms with Gasteiger partial charge in [0.2, 0.25) is 0 Å². The van der Waals surface area contributed by atoms with E-state index < -0.39 is 0 Å². The van der Waals surface area contributed by atoms with Crippen molar-refractivity contribution in [2.45, 2.75) is 47.0 Å². The van der Waals surface area contributed by atoms with Crippen molar-refractivity contribution < 1.29 is 0 Å². The molecule has 1 heteroatoms. The highest BCUT2D eigenvalue weighted by Crippen LogP contribution is 2.32. The maximum absolute atomic E-state index is 6.21. The molecule has 1 unspecified atom stereocenters. The third-order valence-electron chi connectivity index (χ3n) is 4.32. The Morgan fingerprint density at radius 3 is 2.82 bits per heavy atom. The average Bonchev–Trinajstić information content (AvgIpc) is 2.69. The van der Waals surface area contributed by atoms with Crippen LogP contribution in [-0.2, 0) is 0 Å². The molecule has 0 amide bonds. The van der Waals surface area contributed by atoms with Crippen LogP contribution in [0.1, 0.15) is 51.2 Å². The van der Waals surface area contributed by atoms with Gasteiger partial charge in [-0.05, 0) is 68.2 Å². The number of hydrogen-bond donors (Lipinski definition) is 1. The van der Waals surface area contributed by atoms with Crippen LogP contribution in [-0.4, -0.2) is 0 Å². The molecule has 1 atom stereocenters. The summed E-state index contributed by atoms with van der Waals surface area (Å²) in [6.07, 6.45) is 12.9. The Morgan fingerprint density at radius 1 is 1.36 bits per heavy atom. The molecule has 1 aromatic carbocycles. The molecule has 0 bridgehead atoms. The maximum atomic E-state index is 6.21. The molecule has 0 saturated heterocycles. The SMILES string of the molecule is C/C=C(\C1=CCCC(CC(C)C)C=C1)c1cc(C)ccc1N. The van der Waals surface area contributed by atoms with Crippen LogP contribution in [0.15, 0.2) is 48.1 Å². The molecule has 0 radical (unpaired) electrons. The normalized spacial score (nSPS) is 19.2. The minimum Gasteiger partial charge on any atom is -0.398 e. The molecular formula is C21H29N. The number of allylic oxidation sites excluding steroid dienone is 6. The lowest BCUT2D eigenvalue weighted by Crippen LogP contribution is -2.00. The van der Waals surface area contributed by atoms with Crippen molar-refractivity contribution in [1.29, 1.82) is 0 Å². The third-order valence-corrected chi connectivity index (χ3v) is 4.32. The van der Waals surface area contributed by atoms with E-state index in [0.29, 0.717) is 5.92 Å². The lowest BCUT2D eigenvalue weighted by molar-refractivity contribution is 0.456. The molecule has 0 heterocycles. The summed E-state index contributed by atoms with van der Waals surface area (Å²) in [5.74, 6) is 1.45. The minimum atomic E-state index is 0.696. The summed E-state index contributed by atoms with van der Waals surface area (Å²) in [6, 6.07) is 6.27. The summed E-state index contributed by atoms with van der Waals surface area (Å²) in [4.78, 5) is 0. The Morgan fingerprint density at radius 2 is 2.14 bits per heavy atom. The summed E-state index contributed by atoms with van der Waals surface area (Å²) in [5, 5.41) is 0. The molecule has 0 spiro atoms. The number of rotatable bonds is 4. The molecule has 1 nitrogen and oxygen atoms in total. The number of benzene rings is 1. The summed E-state index contributed by atoms with van der Waals surface area (Å²) in [7, 11) is 0. The first-order chi connectivity index (χ1) is 10.5. The fraction of sp³-hybridized carbons (Fsp3) is 0.429. The van der Waals surface area contributed by atoms with Gasteiger partial charge >= 0.3 is 0 Å². The van der Waals surface area contributed by atoms with Crippen LogP contribution in [0.3, 0.4) is 0 Å². The molecule has 1 aliphatic carbocycles. The summed E-state index contributed by atoms with van der Waals surface area (Å²) >= 11 is 0. The fourth-order valence-corrected chi connectivity index (χ4v) is 3.24. The first kappa shape index (κ1) is 16.6. The zero-order valence-electron chi connectivity index (χ0n) is 14.4. The average molecular weight is 295 g/mol.